The van der Waals surface area contributed by atoms with Crippen LogP contribution in [0.3, 0.4) is 0 Å². The molecule has 0 bridgehead atoms. The minimum Gasteiger partial charge on any atom is -0.475 e. The van der Waals surface area contributed by atoms with E-state index in [1.807, 2.05) is 12.1 Å². The molecule has 208 valence electrons. The van der Waals surface area contributed by atoms with Crippen molar-refractivity contribution >= 4 is 11.0 Å². The molecule has 0 aliphatic heterocycles. The summed E-state index contributed by atoms with van der Waals surface area (Å²) in [5.74, 6) is 1.31. The van der Waals surface area contributed by atoms with E-state index in [0.29, 0.717) is 65.7 Å². The van der Waals surface area contributed by atoms with Gasteiger partial charge in [0.2, 0.25) is 5.88 Å². The Kier molecular flexibility index (Phi) is 7.74. The Morgan fingerprint density at radius 2 is 1.80 bits per heavy atom. The molecule has 0 atom stereocenters. The van der Waals surface area contributed by atoms with E-state index >= 15 is 0 Å². The number of nitrogens with zero attached hydrogens (tertiary/aromatic N) is 8. The number of benzene rings is 1. The summed E-state index contributed by atoms with van der Waals surface area (Å²) in [4.78, 5) is 21.5. The number of hydrogen-bond donors (Lipinski definition) is 0. The maximum absolute atomic E-state index is 13.1. The van der Waals surface area contributed by atoms with Gasteiger partial charge in [-0.25, -0.2) is 24.6 Å². The second kappa shape index (κ2) is 11.4. The lowest BCUT2D eigenvalue weighted by molar-refractivity contribution is -0.140. The molecule has 5 rings (SSSR count). The van der Waals surface area contributed by atoms with E-state index in [0.717, 1.165) is 18.2 Å². The number of aryl methyl sites for hydroxylation is 2. The van der Waals surface area contributed by atoms with Crippen LogP contribution in [0.25, 0.3) is 33.7 Å². The first-order valence-corrected chi connectivity index (χ1v) is 12.6. The van der Waals surface area contributed by atoms with E-state index in [1.165, 1.54) is 17.9 Å². The minimum absolute atomic E-state index is 0.228. The fourth-order valence-electron chi connectivity index (χ4n) is 4.27. The Labute approximate surface area is 227 Å². The zero-order valence-electron chi connectivity index (χ0n) is 22.2. The zero-order valence-corrected chi connectivity index (χ0v) is 22.2. The molecule has 4 aromatic heterocycles. The van der Waals surface area contributed by atoms with Crippen LogP contribution in [0, 0.1) is 0 Å². The number of rotatable bonds is 10. The first-order valence-electron chi connectivity index (χ1n) is 12.6. The Morgan fingerprint density at radius 3 is 2.50 bits per heavy atom. The number of methoxy groups -OCH3 is 1. The van der Waals surface area contributed by atoms with E-state index in [9.17, 15) is 13.2 Å². The van der Waals surface area contributed by atoms with Crippen molar-refractivity contribution in [1.29, 1.82) is 0 Å². The van der Waals surface area contributed by atoms with E-state index in [2.05, 4.69) is 31.8 Å². The van der Waals surface area contributed by atoms with Crippen LogP contribution in [0.2, 0.25) is 0 Å². The van der Waals surface area contributed by atoms with Crippen molar-refractivity contribution in [3.05, 3.63) is 66.3 Å². The van der Waals surface area contributed by atoms with Crippen LogP contribution < -0.4 is 4.74 Å². The molecule has 0 radical (unpaired) electrons. The maximum Gasteiger partial charge on any atom is 0.434 e. The third kappa shape index (κ3) is 5.64. The summed E-state index contributed by atoms with van der Waals surface area (Å²) < 4.78 is 53.4. The summed E-state index contributed by atoms with van der Waals surface area (Å²) in [5, 5.41) is 5.53. The van der Waals surface area contributed by atoms with Crippen molar-refractivity contribution in [2.24, 2.45) is 7.05 Å². The average Bonchev–Trinajstić information content (AvgIpc) is 3.51. The summed E-state index contributed by atoms with van der Waals surface area (Å²) in [6.45, 7) is 3.12. The molecule has 13 heteroatoms. The number of fused-ring (bicyclic) bond motifs is 1. The summed E-state index contributed by atoms with van der Waals surface area (Å²) in [7, 11) is 3.14. The number of hydrogen-bond acceptors (Lipinski definition) is 8. The summed E-state index contributed by atoms with van der Waals surface area (Å²) in [5.41, 5.74) is 2.30. The number of imidazole rings is 1. The number of alkyl halides is 3. The molecule has 0 unspecified atom stereocenters. The number of ether oxygens (including phenoxy) is 2. The van der Waals surface area contributed by atoms with Crippen molar-refractivity contribution in [2.75, 3.05) is 20.3 Å². The molecule has 0 aliphatic rings. The van der Waals surface area contributed by atoms with Gasteiger partial charge in [0.25, 0.3) is 0 Å². The van der Waals surface area contributed by atoms with Crippen molar-refractivity contribution in [1.82, 2.24) is 39.3 Å². The second-order valence-electron chi connectivity index (χ2n) is 9.12. The molecule has 4 heterocycles. The normalized spacial score (nSPS) is 11.8. The molecule has 0 saturated carbocycles. The van der Waals surface area contributed by atoms with Gasteiger partial charge in [-0.1, -0.05) is 31.2 Å². The lowest BCUT2D eigenvalue weighted by Crippen LogP contribution is -2.08. The lowest BCUT2D eigenvalue weighted by Gasteiger charge is -2.10. The van der Waals surface area contributed by atoms with Crippen LogP contribution >= 0.6 is 0 Å². The first-order chi connectivity index (χ1) is 19.3. The van der Waals surface area contributed by atoms with Crippen LogP contribution in [0.1, 0.15) is 30.4 Å². The molecule has 1 aromatic carbocycles. The largest absolute Gasteiger partial charge is 0.475 e. The second-order valence-corrected chi connectivity index (χ2v) is 9.12. The Balaban J connectivity index is 1.47. The van der Waals surface area contributed by atoms with Crippen molar-refractivity contribution in [3.63, 3.8) is 0 Å². The highest BCUT2D eigenvalue weighted by atomic mass is 19.4. The summed E-state index contributed by atoms with van der Waals surface area (Å²) in [6, 6.07) is 7.13. The van der Waals surface area contributed by atoms with Gasteiger partial charge >= 0.3 is 6.18 Å². The van der Waals surface area contributed by atoms with Crippen LogP contribution in [0.15, 0.2) is 49.2 Å². The Hall–Kier alpha value is -4.39. The fourth-order valence-corrected chi connectivity index (χ4v) is 4.27. The Bertz CT molecular complexity index is 1610. The lowest BCUT2D eigenvalue weighted by atomic mass is 10.1. The summed E-state index contributed by atoms with van der Waals surface area (Å²) in [6.07, 6.45) is 2.91. The van der Waals surface area contributed by atoms with E-state index in [4.69, 9.17) is 14.6 Å². The molecule has 40 heavy (non-hydrogen) atoms. The topological polar surface area (TPSA) is 106 Å². The molecule has 0 spiro atoms. The van der Waals surface area contributed by atoms with Crippen LogP contribution in [0.4, 0.5) is 13.2 Å². The van der Waals surface area contributed by atoms with Gasteiger partial charge < -0.3 is 14.0 Å². The number of halogens is 3. The standard InChI is InChI=1S/C27H27F3N8O2/c1-4-5-22-32-13-20(26(35-22)40-11-10-39-3)23-19-12-31-16-33-25(19)38(36-23)14-17-6-8-18(9-7-17)24-34-21(15-37(24)2)27(28,29)30/h6-9,12-13,15-16H,4-5,10-11,14H2,1-3H3. The van der Waals surface area contributed by atoms with Gasteiger partial charge in [-0.05, 0) is 12.0 Å². The minimum atomic E-state index is -4.51. The van der Waals surface area contributed by atoms with Gasteiger partial charge in [0, 0.05) is 44.7 Å². The highest BCUT2D eigenvalue weighted by molar-refractivity contribution is 5.91. The van der Waals surface area contributed by atoms with E-state index < -0.39 is 11.9 Å². The van der Waals surface area contributed by atoms with E-state index in [1.54, 1.807) is 36.3 Å². The zero-order chi connectivity index (χ0) is 28.3. The molecular formula is C27H27F3N8O2. The average molecular weight is 553 g/mol. The molecule has 10 nitrogen and oxygen atoms in total. The van der Waals surface area contributed by atoms with E-state index in [-0.39, 0.29) is 5.82 Å². The first kappa shape index (κ1) is 27.2. The Morgan fingerprint density at radius 1 is 1.00 bits per heavy atom. The van der Waals surface area contributed by atoms with Gasteiger partial charge in [0.1, 0.15) is 30.3 Å². The molecule has 0 N–H and O–H groups in total. The third-order valence-corrected chi connectivity index (χ3v) is 6.18. The monoisotopic (exact) mass is 552 g/mol. The third-order valence-electron chi connectivity index (χ3n) is 6.18. The van der Waals surface area contributed by atoms with Gasteiger partial charge in [0.05, 0.1) is 24.1 Å². The highest BCUT2D eigenvalue weighted by Gasteiger charge is 2.34. The molecule has 0 aliphatic carbocycles. The van der Waals surface area contributed by atoms with Crippen LogP contribution in [-0.4, -0.2) is 59.6 Å². The molecule has 0 fully saturated rings. The predicted molar refractivity (Wildman–Crippen MR) is 140 cm³/mol. The van der Waals surface area contributed by atoms with Crippen molar-refractivity contribution in [3.8, 4) is 28.5 Å². The quantitative estimate of drug-likeness (QED) is 0.229. The highest BCUT2D eigenvalue weighted by Crippen LogP contribution is 2.33. The van der Waals surface area contributed by atoms with Crippen LogP contribution in [0.5, 0.6) is 5.88 Å². The van der Waals surface area contributed by atoms with Gasteiger partial charge in [-0.15, -0.1) is 0 Å². The van der Waals surface area contributed by atoms with Gasteiger partial charge in [0.15, 0.2) is 11.3 Å². The molecule has 5 aromatic rings. The van der Waals surface area contributed by atoms with Crippen molar-refractivity contribution in [2.45, 2.75) is 32.5 Å². The fraction of sp³-hybridized carbons (Fsp3) is 0.333. The number of aromatic nitrogens is 8. The van der Waals surface area contributed by atoms with Gasteiger partial charge in [-0.3, -0.25) is 0 Å². The van der Waals surface area contributed by atoms with Crippen molar-refractivity contribution < 1.29 is 22.6 Å². The predicted octanol–water partition coefficient (Wildman–Crippen LogP) is 4.73. The maximum atomic E-state index is 13.1. The SMILES string of the molecule is CCCc1ncc(-c2nn(Cc3ccc(-c4nc(C(F)(F)F)cn4C)cc3)c3ncncc23)c(OCCOC)n1. The summed E-state index contributed by atoms with van der Waals surface area (Å²) >= 11 is 0. The molecule has 0 saturated heterocycles. The smallest absolute Gasteiger partial charge is 0.434 e. The van der Waals surface area contributed by atoms with Crippen LogP contribution in [-0.2, 0) is 30.9 Å². The molecular weight excluding hydrogens is 525 g/mol. The molecule has 0 amide bonds. The van der Waals surface area contributed by atoms with Gasteiger partial charge in [-0.2, -0.15) is 23.3 Å².